The van der Waals surface area contributed by atoms with Crippen LogP contribution >= 0.6 is 0 Å². The molecule has 1 aromatic heterocycles. The first-order valence-corrected chi connectivity index (χ1v) is 7.69. The van der Waals surface area contributed by atoms with E-state index in [0.29, 0.717) is 18.5 Å². The molecule has 1 aromatic carbocycles. The van der Waals surface area contributed by atoms with E-state index in [-0.39, 0.29) is 23.7 Å². The number of quaternary nitrogens is 1. The van der Waals surface area contributed by atoms with Gasteiger partial charge in [0.25, 0.3) is 5.56 Å². The highest BCUT2D eigenvalue weighted by molar-refractivity contribution is 5.77. The van der Waals surface area contributed by atoms with E-state index < -0.39 is 0 Å². The summed E-state index contributed by atoms with van der Waals surface area (Å²) in [5, 5.41) is 0.619. The van der Waals surface area contributed by atoms with Crippen LogP contribution in [0.15, 0.2) is 33.9 Å². The van der Waals surface area contributed by atoms with E-state index in [1.54, 1.807) is 10.6 Å². The maximum absolute atomic E-state index is 12.5. The normalized spacial score (nSPS) is 10.9. The van der Waals surface area contributed by atoms with E-state index in [1.807, 2.05) is 25.1 Å². The van der Waals surface area contributed by atoms with Crippen LogP contribution in [0, 0.1) is 0 Å². The minimum Gasteiger partial charge on any atom is -1.00 e. The fourth-order valence-electron chi connectivity index (χ4n) is 2.74. The summed E-state index contributed by atoms with van der Waals surface area (Å²) in [7, 11) is 0. The number of likely N-dealkylation sites (N-methyl/N-ethyl adjacent to an activating group) is 1. The van der Waals surface area contributed by atoms with Crippen molar-refractivity contribution in [3.8, 4) is 0 Å². The molecule has 22 heavy (non-hydrogen) atoms. The molecule has 0 aliphatic carbocycles. The highest BCUT2D eigenvalue weighted by Gasteiger charge is 2.13. The van der Waals surface area contributed by atoms with Gasteiger partial charge in [0.05, 0.1) is 37.1 Å². The van der Waals surface area contributed by atoms with E-state index >= 15 is 0 Å². The summed E-state index contributed by atoms with van der Waals surface area (Å²) in [6.45, 7) is 10.1. The van der Waals surface area contributed by atoms with Crippen molar-refractivity contribution >= 4 is 10.9 Å². The van der Waals surface area contributed by atoms with Crippen LogP contribution in [0.3, 0.4) is 0 Å². The number of benzene rings is 1. The topological polar surface area (TPSA) is 48.4 Å². The number of nitrogens with zero attached hydrogens (tertiary/aromatic N) is 2. The summed E-state index contributed by atoms with van der Waals surface area (Å²) in [6.07, 6.45) is 0. The minimum absolute atomic E-state index is 0. The molecule has 6 heteroatoms. The molecule has 0 aliphatic rings. The van der Waals surface area contributed by atoms with Gasteiger partial charge >= 0.3 is 5.69 Å². The minimum atomic E-state index is -0.201. The van der Waals surface area contributed by atoms with Crippen molar-refractivity contribution in [2.45, 2.75) is 33.9 Å². The molecule has 2 rings (SSSR count). The van der Waals surface area contributed by atoms with Gasteiger partial charge in [-0.05, 0) is 32.9 Å². The number of hydrogen-bond acceptors (Lipinski definition) is 2. The van der Waals surface area contributed by atoms with Gasteiger partial charge in [0.2, 0.25) is 0 Å². The Labute approximate surface area is 136 Å². The number of halogens is 1. The van der Waals surface area contributed by atoms with Gasteiger partial charge < -0.3 is 17.3 Å². The van der Waals surface area contributed by atoms with Gasteiger partial charge in [-0.2, -0.15) is 0 Å². The first kappa shape index (κ1) is 18.5. The lowest BCUT2D eigenvalue weighted by atomic mass is 10.2. The molecule has 0 spiro atoms. The maximum atomic E-state index is 12.5. The van der Waals surface area contributed by atoms with Crippen molar-refractivity contribution in [1.82, 2.24) is 9.13 Å². The van der Waals surface area contributed by atoms with Crippen LogP contribution in [0.1, 0.15) is 20.8 Å². The van der Waals surface area contributed by atoms with Crippen LogP contribution in [0.2, 0.25) is 0 Å². The van der Waals surface area contributed by atoms with E-state index in [1.165, 1.54) is 9.47 Å². The molecule has 0 amide bonds. The SMILES string of the molecule is CCn1c(=O)c2ccccc2n(CC[NH+](CC)CC)c1=O.[Cl-]. The Kier molecular flexibility index (Phi) is 6.84. The summed E-state index contributed by atoms with van der Waals surface area (Å²) in [4.78, 5) is 26.3. The van der Waals surface area contributed by atoms with Crippen LogP contribution < -0.4 is 28.6 Å². The van der Waals surface area contributed by atoms with Gasteiger partial charge in [0.1, 0.15) is 0 Å². The second-order valence-electron chi connectivity index (χ2n) is 5.21. The molecule has 0 unspecified atom stereocenters. The lowest BCUT2D eigenvalue weighted by Crippen LogP contribution is -3.11. The number of rotatable bonds is 6. The molecule has 2 aromatic rings. The Morgan fingerprint density at radius 3 is 2.23 bits per heavy atom. The van der Waals surface area contributed by atoms with Crippen molar-refractivity contribution in [3.05, 3.63) is 45.1 Å². The largest absolute Gasteiger partial charge is 1.00 e. The predicted octanol–water partition coefficient (Wildman–Crippen LogP) is -2.89. The van der Waals surface area contributed by atoms with Crippen LogP contribution in [-0.2, 0) is 13.1 Å². The van der Waals surface area contributed by atoms with Gasteiger partial charge in [0.15, 0.2) is 0 Å². The Balaban J connectivity index is 0.00000242. The number of fused-ring (bicyclic) bond motifs is 1. The molecular weight excluding hydrogens is 302 g/mol. The second-order valence-corrected chi connectivity index (χ2v) is 5.21. The van der Waals surface area contributed by atoms with Gasteiger partial charge in [-0.25, -0.2) is 4.79 Å². The van der Waals surface area contributed by atoms with Gasteiger partial charge in [-0.15, -0.1) is 0 Å². The zero-order valence-corrected chi connectivity index (χ0v) is 14.2. The monoisotopic (exact) mass is 325 g/mol. The lowest BCUT2D eigenvalue weighted by Gasteiger charge is -2.18. The maximum Gasteiger partial charge on any atom is 0.331 e. The summed E-state index contributed by atoms with van der Waals surface area (Å²) < 4.78 is 3.06. The average molecular weight is 326 g/mol. The molecule has 0 bridgehead atoms. The number of nitrogens with one attached hydrogen (secondary N) is 1. The van der Waals surface area contributed by atoms with Gasteiger partial charge in [-0.3, -0.25) is 13.9 Å². The average Bonchev–Trinajstić information content (AvgIpc) is 2.51. The van der Waals surface area contributed by atoms with Crippen molar-refractivity contribution in [3.63, 3.8) is 0 Å². The van der Waals surface area contributed by atoms with E-state index in [9.17, 15) is 9.59 Å². The zero-order valence-electron chi connectivity index (χ0n) is 13.4. The van der Waals surface area contributed by atoms with Gasteiger partial charge in [-0.1, -0.05) is 12.1 Å². The third-order valence-corrected chi connectivity index (χ3v) is 4.14. The van der Waals surface area contributed by atoms with E-state index in [4.69, 9.17) is 0 Å². The summed E-state index contributed by atoms with van der Waals surface area (Å²) >= 11 is 0. The summed E-state index contributed by atoms with van der Waals surface area (Å²) in [5.74, 6) is 0. The van der Waals surface area contributed by atoms with Crippen LogP contribution in [0.5, 0.6) is 0 Å². The zero-order chi connectivity index (χ0) is 15.4. The fraction of sp³-hybridized carbons (Fsp3) is 0.500. The predicted molar refractivity (Wildman–Crippen MR) is 85.1 cm³/mol. The third-order valence-electron chi connectivity index (χ3n) is 4.14. The molecule has 0 fully saturated rings. The first-order chi connectivity index (χ1) is 10.1. The lowest BCUT2D eigenvalue weighted by molar-refractivity contribution is -0.897. The molecule has 0 saturated heterocycles. The molecule has 1 N–H and O–H groups in total. The number of para-hydroxylation sites is 1. The molecule has 0 saturated carbocycles. The van der Waals surface area contributed by atoms with Crippen molar-refractivity contribution in [1.29, 1.82) is 0 Å². The number of aromatic nitrogens is 2. The second kappa shape index (κ2) is 8.15. The first-order valence-electron chi connectivity index (χ1n) is 7.69. The molecule has 0 atom stereocenters. The quantitative estimate of drug-likeness (QED) is 0.620. The Bertz CT molecular complexity index is 732. The highest BCUT2D eigenvalue weighted by Crippen LogP contribution is 2.06. The third kappa shape index (κ3) is 3.42. The fourth-order valence-corrected chi connectivity index (χ4v) is 2.74. The Hall–Kier alpha value is -1.59. The van der Waals surface area contributed by atoms with Crippen LogP contribution in [-0.4, -0.2) is 28.8 Å². The summed E-state index contributed by atoms with van der Waals surface area (Å²) in [5.41, 5.74) is 0.348. The smallest absolute Gasteiger partial charge is 0.331 e. The molecule has 0 radical (unpaired) electrons. The Morgan fingerprint density at radius 1 is 1.00 bits per heavy atom. The highest BCUT2D eigenvalue weighted by atomic mass is 35.5. The molecule has 5 nitrogen and oxygen atoms in total. The molecule has 0 aliphatic heterocycles. The molecule has 122 valence electrons. The van der Waals surface area contributed by atoms with Crippen LogP contribution in [0.25, 0.3) is 10.9 Å². The standard InChI is InChI=1S/C16H23N3O2.ClH/c1-4-17(5-2)11-12-19-14-10-8-7-9-13(14)15(20)18(6-3)16(19)21;/h7-10H,4-6,11-12H2,1-3H3;1H. The summed E-state index contributed by atoms with van der Waals surface area (Å²) in [6, 6.07) is 7.37. The van der Waals surface area contributed by atoms with Crippen molar-refractivity contribution in [2.75, 3.05) is 19.6 Å². The van der Waals surface area contributed by atoms with E-state index in [2.05, 4.69) is 13.8 Å². The molecule has 1 heterocycles. The van der Waals surface area contributed by atoms with E-state index in [0.717, 1.165) is 25.2 Å². The van der Waals surface area contributed by atoms with Gasteiger partial charge in [0, 0.05) is 6.54 Å². The Morgan fingerprint density at radius 2 is 1.64 bits per heavy atom. The van der Waals surface area contributed by atoms with Crippen LogP contribution in [0.4, 0.5) is 0 Å². The number of hydrogen-bond donors (Lipinski definition) is 1. The van der Waals surface area contributed by atoms with Crippen molar-refractivity contribution < 1.29 is 17.3 Å². The molecular formula is C16H24ClN3O2. The van der Waals surface area contributed by atoms with Crippen molar-refractivity contribution in [2.24, 2.45) is 0 Å².